The Morgan fingerprint density at radius 3 is 3.00 bits per heavy atom. The van der Waals surface area contributed by atoms with E-state index in [1.165, 1.54) is 24.1 Å². The fourth-order valence-corrected chi connectivity index (χ4v) is 4.06. The van der Waals surface area contributed by atoms with Crippen molar-refractivity contribution in [2.24, 2.45) is 5.41 Å². The van der Waals surface area contributed by atoms with Gasteiger partial charge in [0.25, 0.3) is 0 Å². The van der Waals surface area contributed by atoms with Crippen LogP contribution in [-0.2, 0) is 19.4 Å². The van der Waals surface area contributed by atoms with Crippen LogP contribution < -0.4 is 5.32 Å². The van der Waals surface area contributed by atoms with Crippen molar-refractivity contribution in [3.63, 3.8) is 0 Å². The Morgan fingerprint density at radius 1 is 1.38 bits per heavy atom. The molecule has 0 aromatic carbocycles. The number of aryl methyl sites for hydroxylation is 1. The molecule has 2 heterocycles. The first-order chi connectivity index (χ1) is 10.0. The number of hydrogen-bond donors (Lipinski definition) is 1. The predicted molar refractivity (Wildman–Crippen MR) is 87.4 cm³/mol. The van der Waals surface area contributed by atoms with Gasteiger partial charge >= 0.3 is 0 Å². The van der Waals surface area contributed by atoms with Crippen LogP contribution >= 0.6 is 11.3 Å². The summed E-state index contributed by atoms with van der Waals surface area (Å²) in [5.74, 6) is 0. The van der Waals surface area contributed by atoms with Gasteiger partial charge in [-0.3, -0.25) is 9.97 Å². The molecule has 4 heteroatoms. The Kier molecular flexibility index (Phi) is 4.09. The van der Waals surface area contributed by atoms with Crippen LogP contribution in [0.25, 0.3) is 0 Å². The molecule has 0 saturated heterocycles. The van der Waals surface area contributed by atoms with E-state index in [1.807, 2.05) is 17.5 Å². The van der Waals surface area contributed by atoms with E-state index >= 15 is 0 Å². The third-order valence-corrected chi connectivity index (χ3v) is 5.49. The van der Waals surface area contributed by atoms with E-state index in [-0.39, 0.29) is 6.04 Å². The molecular formula is C17H23N3S. The van der Waals surface area contributed by atoms with Gasteiger partial charge in [-0.1, -0.05) is 13.8 Å². The van der Waals surface area contributed by atoms with Crippen molar-refractivity contribution in [1.82, 2.24) is 15.3 Å². The molecule has 0 bridgehead atoms. The highest BCUT2D eigenvalue weighted by molar-refractivity contribution is 7.12. The Hall–Kier alpha value is -1.26. The SMILES string of the molecule is CC(NCc1cc2c(s1)CCC(C)(C)C2)c1cnccn1. The minimum atomic E-state index is 0.231. The van der Waals surface area contributed by atoms with Crippen LogP contribution in [0.2, 0.25) is 0 Å². The van der Waals surface area contributed by atoms with E-state index in [2.05, 4.69) is 42.1 Å². The molecule has 2 aromatic heterocycles. The second-order valence-corrected chi connectivity index (χ2v) is 7.96. The normalized spacial score (nSPS) is 18.2. The summed E-state index contributed by atoms with van der Waals surface area (Å²) in [6.07, 6.45) is 9.07. The lowest BCUT2D eigenvalue weighted by molar-refractivity contribution is 0.318. The van der Waals surface area contributed by atoms with Crippen LogP contribution in [0.1, 0.15) is 54.2 Å². The summed E-state index contributed by atoms with van der Waals surface area (Å²) < 4.78 is 0. The third-order valence-electron chi connectivity index (χ3n) is 4.25. The second kappa shape index (κ2) is 5.85. The summed E-state index contributed by atoms with van der Waals surface area (Å²) in [6, 6.07) is 2.63. The number of aromatic nitrogens is 2. The maximum absolute atomic E-state index is 4.35. The van der Waals surface area contributed by atoms with Crippen molar-refractivity contribution in [3.05, 3.63) is 45.7 Å². The number of hydrogen-bond acceptors (Lipinski definition) is 4. The summed E-state index contributed by atoms with van der Waals surface area (Å²) in [4.78, 5) is 11.5. The number of nitrogens with zero attached hydrogens (tertiary/aromatic N) is 2. The molecule has 112 valence electrons. The molecular weight excluding hydrogens is 278 g/mol. The maximum Gasteiger partial charge on any atom is 0.0753 e. The summed E-state index contributed by atoms with van der Waals surface area (Å²) in [6.45, 7) is 7.81. The molecule has 1 atom stereocenters. The fraction of sp³-hybridized carbons (Fsp3) is 0.529. The molecule has 0 aliphatic heterocycles. The van der Waals surface area contributed by atoms with Gasteiger partial charge in [-0.15, -0.1) is 11.3 Å². The molecule has 0 saturated carbocycles. The summed E-state index contributed by atoms with van der Waals surface area (Å²) in [5.41, 5.74) is 3.03. The molecule has 3 nitrogen and oxygen atoms in total. The fourth-order valence-electron chi connectivity index (χ4n) is 2.92. The Morgan fingerprint density at radius 2 is 2.24 bits per heavy atom. The smallest absolute Gasteiger partial charge is 0.0753 e. The molecule has 0 fully saturated rings. The zero-order chi connectivity index (χ0) is 14.9. The van der Waals surface area contributed by atoms with Gasteiger partial charge in [-0.05, 0) is 43.2 Å². The summed E-state index contributed by atoms with van der Waals surface area (Å²) >= 11 is 1.97. The molecule has 2 aromatic rings. The molecule has 0 radical (unpaired) electrons. The van der Waals surface area contributed by atoms with Gasteiger partial charge in [0.15, 0.2) is 0 Å². The highest BCUT2D eigenvalue weighted by Crippen LogP contribution is 2.38. The van der Waals surface area contributed by atoms with Crippen molar-refractivity contribution in [2.75, 3.05) is 0 Å². The zero-order valence-corrected chi connectivity index (χ0v) is 13.8. The molecule has 3 rings (SSSR count). The number of rotatable bonds is 4. The second-order valence-electron chi connectivity index (χ2n) is 6.73. The van der Waals surface area contributed by atoms with Crippen molar-refractivity contribution >= 4 is 11.3 Å². The maximum atomic E-state index is 4.35. The highest BCUT2D eigenvalue weighted by atomic mass is 32.1. The van der Waals surface area contributed by atoms with Gasteiger partial charge in [-0.2, -0.15) is 0 Å². The van der Waals surface area contributed by atoms with Gasteiger partial charge in [0, 0.05) is 40.9 Å². The van der Waals surface area contributed by atoms with Crippen LogP contribution in [0.3, 0.4) is 0 Å². The lowest BCUT2D eigenvalue weighted by Gasteiger charge is -2.29. The van der Waals surface area contributed by atoms with E-state index in [4.69, 9.17) is 0 Å². The topological polar surface area (TPSA) is 37.8 Å². The number of fused-ring (bicyclic) bond motifs is 1. The van der Waals surface area contributed by atoms with E-state index in [1.54, 1.807) is 22.8 Å². The Balaban J connectivity index is 1.63. The quantitative estimate of drug-likeness (QED) is 0.930. The first-order valence-electron chi connectivity index (χ1n) is 7.63. The van der Waals surface area contributed by atoms with Gasteiger partial charge < -0.3 is 5.32 Å². The van der Waals surface area contributed by atoms with Gasteiger partial charge in [0.2, 0.25) is 0 Å². The minimum absolute atomic E-state index is 0.231. The molecule has 1 aliphatic rings. The summed E-state index contributed by atoms with van der Waals surface area (Å²) in [7, 11) is 0. The standard InChI is InChI=1S/C17H23N3S/c1-12(15-11-18-6-7-19-15)20-10-14-8-13-9-17(2,3)5-4-16(13)21-14/h6-8,11-12,20H,4-5,9-10H2,1-3H3. The molecule has 1 unspecified atom stereocenters. The Bertz CT molecular complexity index is 604. The molecule has 0 spiro atoms. The lowest BCUT2D eigenvalue weighted by Crippen LogP contribution is -2.20. The number of thiophene rings is 1. The lowest BCUT2D eigenvalue weighted by atomic mass is 9.77. The minimum Gasteiger partial charge on any atom is -0.304 e. The van der Waals surface area contributed by atoms with Gasteiger partial charge in [0.1, 0.15) is 0 Å². The van der Waals surface area contributed by atoms with Crippen LogP contribution in [0.15, 0.2) is 24.7 Å². The van der Waals surface area contributed by atoms with Crippen molar-refractivity contribution < 1.29 is 0 Å². The van der Waals surface area contributed by atoms with E-state index in [9.17, 15) is 0 Å². The van der Waals surface area contributed by atoms with E-state index in [0.29, 0.717) is 5.41 Å². The number of nitrogens with one attached hydrogen (secondary N) is 1. The third kappa shape index (κ3) is 3.50. The van der Waals surface area contributed by atoms with Crippen LogP contribution in [0.5, 0.6) is 0 Å². The van der Waals surface area contributed by atoms with Gasteiger partial charge in [-0.25, -0.2) is 0 Å². The van der Waals surface area contributed by atoms with E-state index < -0.39 is 0 Å². The molecule has 1 N–H and O–H groups in total. The van der Waals surface area contributed by atoms with E-state index in [0.717, 1.165) is 12.2 Å². The molecule has 21 heavy (non-hydrogen) atoms. The van der Waals surface area contributed by atoms with Crippen LogP contribution in [0, 0.1) is 5.41 Å². The molecule has 1 aliphatic carbocycles. The van der Waals surface area contributed by atoms with Crippen LogP contribution in [0.4, 0.5) is 0 Å². The Labute approximate surface area is 130 Å². The molecule has 0 amide bonds. The van der Waals surface area contributed by atoms with Crippen molar-refractivity contribution in [3.8, 4) is 0 Å². The van der Waals surface area contributed by atoms with Crippen molar-refractivity contribution in [1.29, 1.82) is 0 Å². The largest absolute Gasteiger partial charge is 0.304 e. The zero-order valence-electron chi connectivity index (χ0n) is 13.0. The average molecular weight is 301 g/mol. The first kappa shape index (κ1) is 14.7. The van der Waals surface area contributed by atoms with Crippen molar-refractivity contribution in [2.45, 2.75) is 52.6 Å². The van der Waals surface area contributed by atoms with Gasteiger partial charge in [0.05, 0.1) is 5.69 Å². The summed E-state index contributed by atoms with van der Waals surface area (Å²) in [5, 5.41) is 3.55. The first-order valence-corrected chi connectivity index (χ1v) is 8.45. The predicted octanol–water partition coefficient (Wildman–Crippen LogP) is 3.90. The monoisotopic (exact) mass is 301 g/mol. The van der Waals surface area contributed by atoms with Crippen LogP contribution in [-0.4, -0.2) is 9.97 Å². The highest BCUT2D eigenvalue weighted by Gasteiger charge is 2.26. The average Bonchev–Trinajstić information content (AvgIpc) is 2.86.